The summed E-state index contributed by atoms with van der Waals surface area (Å²) < 4.78 is 81.7. The molecule has 0 amide bonds. The predicted molar refractivity (Wildman–Crippen MR) is 95.3 cm³/mol. The summed E-state index contributed by atoms with van der Waals surface area (Å²) in [5.41, 5.74) is -1.88. The second kappa shape index (κ2) is 6.22. The molecule has 2 heteroatoms. The van der Waals surface area contributed by atoms with Crippen molar-refractivity contribution in [2.45, 2.75) is 77.6 Å². The van der Waals surface area contributed by atoms with Crippen LogP contribution in [0.15, 0.2) is 23.7 Å². The van der Waals surface area contributed by atoms with E-state index in [1.54, 1.807) is 0 Å². The Morgan fingerprint density at radius 2 is 2.30 bits per heavy atom. The van der Waals surface area contributed by atoms with Gasteiger partial charge in [-0.05, 0) is 64.0 Å². The number of ether oxygens (including phenoxy) is 1. The summed E-state index contributed by atoms with van der Waals surface area (Å²) in [7, 11) is 0. The lowest BCUT2D eigenvalue weighted by atomic mass is 9.68. The monoisotopic (exact) mass is 323 g/mol. The highest BCUT2D eigenvalue weighted by Crippen LogP contribution is 2.53. The maximum Gasteiger partial charge on any atom is 0.127 e. The highest BCUT2D eigenvalue weighted by atomic mass is 16.5. The van der Waals surface area contributed by atoms with Crippen molar-refractivity contribution in [1.82, 2.24) is 0 Å². The Balaban J connectivity index is 2.38. The molecule has 0 radical (unpaired) electrons. The summed E-state index contributed by atoms with van der Waals surface area (Å²) in [4.78, 5) is 0. The van der Waals surface area contributed by atoms with Gasteiger partial charge in [-0.1, -0.05) is 31.4 Å². The molecule has 1 heterocycles. The molecule has 1 N–H and O–H groups in total. The molecular formula is C21H30O2. The van der Waals surface area contributed by atoms with Gasteiger partial charge in [0, 0.05) is 25.6 Å². The summed E-state index contributed by atoms with van der Waals surface area (Å²) in [6, 6.07) is -0.922. The number of phenols is 1. The minimum atomic E-state index is -2.75. The summed E-state index contributed by atoms with van der Waals surface area (Å²) in [6.45, 7) is 2.25. The molecule has 0 saturated heterocycles. The van der Waals surface area contributed by atoms with Crippen LogP contribution >= 0.6 is 0 Å². The average Bonchev–Trinajstić information content (AvgIpc) is 2.66. The van der Waals surface area contributed by atoms with E-state index < -0.39 is 54.4 Å². The number of aromatic hydroxyl groups is 1. The summed E-state index contributed by atoms with van der Waals surface area (Å²) in [5, 5.41) is 11.0. The van der Waals surface area contributed by atoms with Gasteiger partial charge >= 0.3 is 0 Å². The summed E-state index contributed by atoms with van der Waals surface area (Å²) in [6.07, 6.45) is -0.159. The molecule has 1 aromatic rings. The Bertz CT molecular complexity index is 965. The summed E-state index contributed by atoms with van der Waals surface area (Å²) in [5.74, 6) is -4.35. The summed E-state index contributed by atoms with van der Waals surface area (Å²) >= 11 is 0. The highest BCUT2D eigenvalue weighted by Gasteiger charge is 2.45. The lowest BCUT2D eigenvalue weighted by Crippen LogP contribution is -2.45. The molecule has 2 nitrogen and oxygen atoms in total. The fraction of sp³-hybridized carbons (Fsp3) is 0.619. The SMILES string of the molecule is [2H]C1=C(C([2H])([2H])[2H])CC([2H])([2H])[C@]2([2H])[C@@H]1c1c(O)c([2H])c(CCCCC)c([2H])c1OC2(C)C. The first-order chi connectivity index (χ1) is 14.5. The molecular weight excluding hydrogens is 284 g/mol. The van der Waals surface area contributed by atoms with Crippen LogP contribution < -0.4 is 4.74 Å². The van der Waals surface area contributed by atoms with Gasteiger partial charge < -0.3 is 9.84 Å². The van der Waals surface area contributed by atoms with Gasteiger partial charge in [-0.2, -0.15) is 0 Å². The third-order valence-corrected chi connectivity index (χ3v) is 4.42. The van der Waals surface area contributed by atoms with Crippen molar-refractivity contribution < 1.29 is 22.2 Å². The van der Waals surface area contributed by atoms with E-state index in [1.807, 2.05) is 6.92 Å². The van der Waals surface area contributed by atoms with Crippen molar-refractivity contribution in [2.24, 2.45) is 5.89 Å². The molecule has 1 aromatic carbocycles. The van der Waals surface area contributed by atoms with E-state index in [0.717, 1.165) is 12.8 Å². The predicted octanol–water partition coefficient (Wildman–Crippen LogP) is 5.74. The van der Waals surface area contributed by atoms with Gasteiger partial charge in [0.25, 0.3) is 0 Å². The van der Waals surface area contributed by atoms with E-state index in [9.17, 15) is 6.48 Å². The minimum absolute atomic E-state index is 0.102. The van der Waals surface area contributed by atoms with E-state index >= 15 is 0 Å². The third-order valence-electron chi connectivity index (χ3n) is 4.42. The molecule has 0 saturated carbocycles. The molecule has 3 rings (SSSR count). The second-order valence-corrected chi connectivity index (χ2v) is 6.71. The van der Waals surface area contributed by atoms with Crippen molar-refractivity contribution in [1.29, 1.82) is 0 Å². The Kier molecular flexibility index (Phi) is 2.33. The minimum Gasteiger partial charge on any atom is -0.507 e. The Morgan fingerprint density at radius 3 is 3.04 bits per heavy atom. The highest BCUT2D eigenvalue weighted by molar-refractivity contribution is 5.53. The molecule has 0 aromatic heterocycles. The largest absolute Gasteiger partial charge is 0.507 e. The van der Waals surface area contributed by atoms with Crippen molar-refractivity contribution >= 4 is 0 Å². The van der Waals surface area contributed by atoms with Crippen LogP contribution in [-0.4, -0.2) is 10.7 Å². The van der Waals surface area contributed by atoms with Gasteiger partial charge in [-0.25, -0.2) is 0 Å². The molecule has 0 spiro atoms. The van der Waals surface area contributed by atoms with Gasteiger partial charge in [0.15, 0.2) is 0 Å². The van der Waals surface area contributed by atoms with Gasteiger partial charge in [0.1, 0.15) is 17.1 Å². The van der Waals surface area contributed by atoms with Crippen molar-refractivity contribution in [3.63, 3.8) is 0 Å². The number of fused-ring (bicyclic) bond motifs is 3. The van der Waals surface area contributed by atoms with Crippen LogP contribution in [0.25, 0.3) is 0 Å². The number of phenolic OH excluding ortho intramolecular Hbond substituents is 1. The average molecular weight is 324 g/mol. The zero-order valence-electron chi connectivity index (χ0n) is 23.0. The first-order valence-corrected chi connectivity index (χ1v) is 8.27. The van der Waals surface area contributed by atoms with E-state index in [1.165, 1.54) is 13.8 Å². The van der Waals surface area contributed by atoms with Crippen molar-refractivity contribution in [3.05, 3.63) is 34.8 Å². The van der Waals surface area contributed by atoms with Crippen LogP contribution in [0.5, 0.6) is 11.5 Å². The molecule has 1 aliphatic heterocycles. The first kappa shape index (κ1) is 8.60. The number of hydrogen-bond donors (Lipinski definition) is 1. The number of unbranched alkanes of at least 4 members (excludes halogenated alkanes) is 2. The van der Waals surface area contributed by atoms with Crippen molar-refractivity contribution in [3.8, 4) is 11.5 Å². The van der Waals surface area contributed by atoms with Crippen molar-refractivity contribution in [2.75, 3.05) is 0 Å². The fourth-order valence-electron chi connectivity index (χ4n) is 3.25. The first-order valence-electron chi connectivity index (χ1n) is 12.8. The van der Waals surface area contributed by atoms with Gasteiger partial charge in [-0.3, -0.25) is 0 Å². The van der Waals surface area contributed by atoms with Crippen LogP contribution in [0.3, 0.4) is 0 Å². The van der Waals surface area contributed by atoms with Crippen LogP contribution in [-0.2, 0) is 6.42 Å². The third kappa shape index (κ3) is 3.13. The Labute approximate surface area is 153 Å². The zero-order valence-corrected chi connectivity index (χ0v) is 14.0. The van der Waals surface area contributed by atoms with Gasteiger partial charge in [0.2, 0.25) is 0 Å². The van der Waals surface area contributed by atoms with E-state index in [2.05, 4.69) is 0 Å². The van der Waals surface area contributed by atoms with Gasteiger partial charge in [-0.15, -0.1) is 0 Å². The molecule has 0 bridgehead atoms. The smallest absolute Gasteiger partial charge is 0.127 e. The second-order valence-electron chi connectivity index (χ2n) is 6.71. The fourth-order valence-corrected chi connectivity index (χ4v) is 3.25. The quantitative estimate of drug-likeness (QED) is 0.566. The van der Waals surface area contributed by atoms with E-state index in [-0.39, 0.29) is 29.0 Å². The maximum atomic E-state index is 11.0. The zero-order chi connectivity index (χ0) is 24.4. The Morgan fingerprint density at radius 1 is 1.48 bits per heavy atom. The number of benzene rings is 1. The normalized spacial score (nSPS) is 37.2. The lowest BCUT2D eigenvalue weighted by Gasteiger charge is -2.46. The van der Waals surface area contributed by atoms with Crippen LogP contribution in [0.2, 0.25) is 0 Å². The molecule has 1 aliphatic carbocycles. The Hall–Kier alpha value is -1.44. The molecule has 126 valence electrons. The molecule has 2 aliphatic rings. The topological polar surface area (TPSA) is 29.5 Å². The standard InChI is InChI=1S/C21H30O2/c1-5-6-7-8-15-12-18(22)20-16-11-14(2)9-10-17(16)21(3,4)23-19(20)13-15/h11-13,16-17,22H,5-10H2,1-4H3/t16-,17-/m1/s1/i2D3,10D2,11D,12D,13D,17D. The molecule has 23 heavy (non-hydrogen) atoms. The van der Waals surface area contributed by atoms with Crippen LogP contribution in [0, 0.1) is 5.89 Å². The molecule has 2 atom stereocenters. The van der Waals surface area contributed by atoms with Crippen LogP contribution in [0.4, 0.5) is 0 Å². The molecule has 0 fully saturated rings. The number of hydrogen-bond acceptors (Lipinski definition) is 2. The maximum absolute atomic E-state index is 11.0. The van der Waals surface area contributed by atoms with E-state index in [4.69, 9.17) is 15.7 Å². The number of rotatable bonds is 4. The molecule has 0 unspecified atom stereocenters. The lowest BCUT2D eigenvalue weighted by molar-refractivity contribution is 0.0107. The number of allylic oxidation sites excluding steroid dienone is 2. The van der Waals surface area contributed by atoms with E-state index in [0.29, 0.717) is 12.8 Å². The van der Waals surface area contributed by atoms with Crippen LogP contribution in [0.1, 0.15) is 89.1 Å². The van der Waals surface area contributed by atoms with Gasteiger partial charge in [0.05, 0.1) is 4.11 Å².